The second-order valence-corrected chi connectivity index (χ2v) is 5.41. The second kappa shape index (κ2) is 5.44. The van der Waals surface area contributed by atoms with Crippen LogP contribution in [0.1, 0.15) is 29.8 Å². The molecule has 1 saturated heterocycles. The highest BCUT2D eigenvalue weighted by molar-refractivity contribution is 7.15. The lowest BCUT2D eigenvalue weighted by atomic mass is 10.1. The highest BCUT2D eigenvalue weighted by Crippen LogP contribution is 2.37. The number of thiazole rings is 1. The molecule has 0 amide bonds. The number of anilines is 1. The summed E-state index contributed by atoms with van der Waals surface area (Å²) in [6, 6.07) is 0. The van der Waals surface area contributed by atoms with Crippen molar-refractivity contribution in [1.82, 2.24) is 10.3 Å². The molecule has 7 heteroatoms. The van der Waals surface area contributed by atoms with Crippen LogP contribution < -0.4 is 10.2 Å². The topological polar surface area (TPSA) is 28.2 Å². The van der Waals surface area contributed by atoms with Gasteiger partial charge >= 0.3 is 6.18 Å². The molecular formula is C11H16F3N3S. The summed E-state index contributed by atoms with van der Waals surface area (Å²) in [7, 11) is 1.64. The lowest BCUT2D eigenvalue weighted by Crippen LogP contribution is -2.29. The molecule has 0 unspecified atom stereocenters. The minimum atomic E-state index is -4.36. The number of hydrogen-bond donors (Lipinski definition) is 1. The molecule has 3 nitrogen and oxygen atoms in total. The van der Waals surface area contributed by atoms with Crippen LogP contribution >= 0.6 is 11.3 Å². The number of nitrogens with zero attached hydrogens (tertiary/aromatic N) is 2. The van der Waals surface area contributed by atoms with E-state index in [0.717, 1.165) is 43.7 Å². The molecule has 0 aliphatic carbocycles. The van der Waals surface area contributed by atoms with E-state index in [1.54, 1.807) is 7.05 Å². The van der Waals surface area contributed by atoms with E-state index in [2.05, 4.69) is 10.3 Å². The van der Waals surface area contributed by atoms with Crippen LogP contribution in [0.3, 0.4) is 0 Å². The van der Waals surface area contributed by atoms with Crippen LogP contribution in [0, 0.1) is 0 Å². The molecule has 1 aliphatic rings. The zero-order valence-electron chi connectivity index (χ0n) is 10.2. The first kappa shape index (κ1) is 13.6. The molecule has 0 saturated carbocycles. The predicted octanol–water partition coefficient (Wildman–Crippen LogP) is 2.87. The highest BCUT2D eigenvalue weighted by Gasteiger charge is 2.37. The SMILES string of the molecule is CNCc1sc(N2CCCCC2)nc1C(F)(F)F. The van der Waals surface area contributed by atoms with Crippen LogP contribution in [0.2, 0.25) is 0 Å². The first-order valence-electron chi connectivity index (χ1n) is 5.99. The van der Waals surface area contributed by atoms with Crippen molar-refractivity contribution in [3.05, 3.63) is 10.6 Å². The van der Waals surface area contributed by atoms with Crippen LogP contribution in [-0.2, 0) is 12.7 Å². The number of aromatic nitrogens is 1. The van der Waals surface area contributed by atoms with Gasteiger partial charge in [0.25, 0.3) is 0 Å². The van der Waals surface area contributed by atoms with Crippen LogP contribution in [-0.4, -0.2) is 25.1 Å². The van der Waals surface area contributed by atoms with Crippen molar-refractivity contribution in [1.29, 1.82) is 0 Å². The van der Waals surface area contributed by atoms with Gasteiger partial charge in [-0.1, -0.05) is 11.3 Å². The van der Waals surface area contributed by atoms with Crippen molar-refractivity contribution < 1.29 is 13.2 Å². The average Bonchev–Trinajstić information content (AvgIpc) is 2.75. The van der Waals surface area contributed by atoms with Gasteiger partial charge in [0.1, 0.15) is 0 Å². The first-order chi connectivity index (χ1) is 8.52. The minimum absolute atomic E-state index is 0.209. The second-order valence-electron chi connectivity index (χ2n) is 4.34. The molecule has 2 heterocycles. The Morgan fingerprint density at radius 2 is 1.94 bits per heavy atom. The molecular weight excluding hydrogens is 263 g/mol. The lowest BCUT2D eigenvalue weighted by Gasteiger charge is -2.25. The number of alkyl halides is 3. The summed E-state index contributed by atoms with van der Waals surface area (Å²) in [4.78, 5) is 6.03. The number of piperidine rings is 1. The Kier molecular flexibility index (Phi) is 4.11. The van der Waals surface area contributed by atoms with Crippen LogP contribution in [0.15, 0.2) is 0 Å². The molecule has 2 rings (SSSR count). The van der Waals surface area contributed by atoms with Gasteiger partial charge in [-0.15, -0.1) is 0 Å². The zero-order chi connectivity index (χ0) is 13.2. The van der Waals surface area contributed by atoms with Crippen LogP contribution in [0.5, 0.6) is 0 Å². The van der Waals surface area contributed by atoms with Crippen molar-refractivity contribution in [3.8, 4) is 0 Å². The fraction of sp³-hybridized carbons (Fsp3) is 0.727. The van der Waals surface area contributed by atoms with E-state index in [0.29, 0.717) is 5.13 Å². The van der Waals surface area contributed by atoms with E-state index < -0.39 is 11.9 Å². The normalized spacial score (nSPS) is 17.2. The number of rotatable bonds is 3. The van der Waals surface area contributed by atoms with E-state index in [9.17, 15) is 13.2 Å². The van der Waals surface area contributed by atoms with Gasteiger partial charge in [0, 0.05) is 19.6 Å². The standard InChI is InChI=1S/C11H16F3N3S/c1-15-7-8-9(11(12,13)14)16-10(18-8)17-5-3-2-4-6-17/h15H,2-7H2,1H3. The molecule has 1 fully saturated rings. The number of nitrogens with one attached hydrogen (secondary N) is 1. The summed E-state index contributed by atoms with van der Waals surface area (Å²) in [5.41, 5.74) is -0.734. The quantitative estimate of drug-likeness (QED) is 0.922. The minimum Gasteiger partial charge on any atom is -0.348 e. The molecule has 0 radical (unpaired) electrons. The van der Waals surface area contributed by atoms with Gasteiger partial charge in [-0.05, 0) is 26.3 Å². The monoisotopic (exact) mass is 279 g/mol. The van der Waals surface area contributed by atoms with Gasteiger partial charge < -0.3 is 10.2 Å². The number of hydrogen-bond acceptors (Lipinski definition) is 4. The molecule has 1 aliphatic heterocycles. The molecule has 1 N–H and O–H groups in total. The summed E-state index contributed by atoms with van der Waals surface area (Å²) >= 11 is 1.15. The van der Waals surface area contributed by atoms with E-state index >= 15 is 0 Å². The number of halogens is 3. The third-order valence-electron chi connectivity index (χ3n) is 2.92. The third kappa shape index (κ3) is 2.95. The van der Waals surface area contributed by atoms with E-state index in [4.69, 9.17) is 0 Å². The van der Waals surface area contributed by atoms with Gasteiger partial charge in [0.2, 0.25) is 0 Å². The Hall–Kier alpha value is -0.820. The van der Waals surface area contributed by atoms with Crippen molar-refractivity contribution in [2.45, 2.75) is 32.0 Å². The molecule has 1 aromatic rings. The molecule has 1 aromatic heterocycles. The zero-order valence-corrected chi connectivity index (χ0v) is 11.0. The highest BCUT2D eigenvalue weighted by atomic mass is 32.1. The third-order valence-corrected chi connectivity index (χ3v) is 4.03. The largest absolute Gasteiger partial charge is 0.434 e. The van der Waals surface area contributed by atoms with Crippen LogP contribution in [0.25, 0.3) is 0 Å². The summed E-state index contributed by atoms with van der Waals surface area (Å²) in [5.74, 6) is 0. The van der Waals surface area contributed by atoms with Crippen molar-refractivity contribution in [2.24, 2.45) is 0 Å². The summed E-state index contributed by atoms with van der Waals surface area (Å²) in [6.07, 6.45) is -1.15. The summed E-state index contributed by atoms with van der Waals surface area (Å²) in [5, 5.41) is 3.27. The molecule has 0 spiro atoms. The fourth-order valence-corrected chi connectivity index (χ4v) is 3.21. The summed E-state index contributed by atoms with van der Waals surface area (Å²) < 4.78 is 38.6. The Morgan fingerprint density at radius 1 is 1.28 bits per heavy atom. The fourth-order valence-electron chi connectivity index (χ4n) is 2.06. The average molecular weight is 279 g/mol. The Labute approximate surface area is 108 Å². The van der Waals surface area contributed by atoms with Gasteiger partial charge in [-0.3, -0.25) is 0 Å². The van der Waals surface area contributed by atoms with Gasteiger partial charge in [0.15, 0.2) is 10.8 Å². The maximum atomic E-state index is 12.9. The maximum Gasteiger partial charge on any atom is 0.434 e. The lowest BCUT2D eigenvalue weighted by molar-refractivity contribution is -0.141. The summed E-state index contributed by atoms with van der Waals surface area (Å²) in [6.45, 7) is 1.83. The van der Waals surface area contributed by atoms with Gasteiger partial charge in [-0.25, -0.2) is 4.98 Å². The Morgan fingerprint density at radius 3 is 2.50 bits per heavy atom. The van der Waals surface area contributed by atoms with Gasteiger partial charge in [-0.2, -0.15) is 13.2 Å². The Balaban J connectivity index is 2.26. The van der Waals surface area contributed by atoms with Crippen molar-refractivity contribution in [2.75, 3.05) is 25.0 Å². The Bertz CT molecular complexity index is 397. The smallest absolute Gasteiger partial charge is 0.348 e. The molecule has 0 bridgehead atoms. The van der Waals surface area contributed by atoms with Crippen LogP contribution in [0.4, 0.5) is 18.3 Å². The van der Waals surface area contributed by atoms with Crippen molar-refractivity contribution >= 4 is 16.5 Å². The first-order valence-corrected chi connectivity index (χ1v) is 6.80. The molecule has 0 aromatic carbocycles. The molecule has 18 heavy (non-hydrogen) atoms. The van der Waals surface area contributed by atoms with E-state index in [1.807, 2.05) is 4.90 Å². The molecule has 102 valence electrons. The van der Waals surface area contributed by atoms with E-state index in [1.165, 1.54) is 0 Å². The maximum absolute atomic E-state index is 12.9. The van der Waals surface area contributed by atoms with E-state index in [-0.39, 0.29) is 11.4 Å². The molecule has 0 atom stereocenters. The van der Waals surface area contributed by atoms with Gasteiger partial charge in [0.05, 0.1) is 4.88 Å². The van der Waals surface area contributed by atoms with Crippen molar-refractivity contribution in [3.63, 3.8) is 0 Å². The predicted molar refractivity (Wildman–Crippen MR) is 65.9 cm³/mol.